The van der Waals surface area contributed by atoms with Gasteiger partial charge in [0, 0.05) is 11.4 Å². The highest BCUT2D eigenvalue weighted by atomic mass is 32.1. The average molecular weight is 314 g/mol. The predicted octanol–water partition coefficient (Wildman–Crippen LogP) is 4.26. The highest BCUT2D eigenvalue weighted by Gasteiger charge is 2.32. The number of alkyl halides is 3. The maximum absolute atomic E-state index is 13.3. The lowest BCUT2D eigenvalue weighted by molar-refractivity contribution is -0.137. The van der Waals surface area contributed by atoms with Crippen LogP contribution in [0, 0.1) is 17.1 Å². The Balaban J connectivity index is 2.22. The van der Waals surface area contributed by atoms with Gasteiger partial charge in [-0.15, -0.1) is 11.3 Å². The molecule has 0 saturated carbocycles. The molecule has 110 valence electrons. The number of rotatable bonds is 4. The zero-order valence-corrected chi connectivity index (χ0v) is 11.4. The third-order valence-electron chi connectivity index (χ3n) is 2.77. The summed E-state index contributed by atoms with van der Waals surface area (Å²) in [5.74, 6) is -1.02. The second kappa shape index (κ2) is 6.24. The van der Waals surface area contributed by atoms with E-state index >= 15 is 0 Å². The van der Waals surface area contributed by atoms with Crippen molar-refractivity contribution >= 4 is 11.3 Å². The molecule has 0 saturated heterocycles. The lowest BCUT2D eigenvalue weighted by Crippen LogP contribution is -2.20. The molecular weight excluding hydrogens is 304 g/mol. The number of hydrogen-bond acceptors (Lipinski definition) is 3. The van der Waals surface area contributed by atoms with E-state index in [0.717, 1.165) is 17.0 Å². The quantitative estimate of drug-likeness (QED) is 0.856. The molecule has 2 aromatic rings. The zero-order valence-electron chi connectivity index (χ0n) is 10.6. The SMILES string of the molecule is N#CC(NCc1cccs1)c1cc(F)cc(C(F)(F)F)c1. The predicted molar refractivity (Wildman–Crippen MR) is 70.9 cm³/mol. The molecule has 1 unspecified atom stereocenters. The highest BCUT2D eigenvalue weighted by Crippen LogP contribution is 2.31. The summed E-state index contributed by atoms with van der Waals surface area (Å²) in [6, 6.07) is 6.63. The average Bonchev–Trinajstić information content (AvgIpc) is 2.91. The summed E-state index contributed by atoms with van der Waals surface area (Å²) < 4.78 is 51.3. The van der Waals surface area contributed by atoms with Gasteiger partial charge in [0.15, 0.2) is 0 Å². The molecule has 0 radical (unpaired) electrons. The van der Waals surface area contributed by atoms with Crippen LogP contribution < -0.4 is 5.32 Å². The fraction of sp³-hybridized carbons (Fsp3) is 0.214. The maximum Gasteiger partial charge on any atom is 0.416 e. The molecule has 2 nitrogen and oxygen atoms in total. The van der Waals surface area contributed by atoms with Gasteiger partial charge in [0.05, 0.1) is 11.6 Å². The number of hydrogen-bond donors (Lipinski definition) is 1. The van der Waals surface area contributed by atoms with Crippen molar-refractivity contribution < 1.29 is 17.6 Å². The smallest absolute Gasteiger partial charge is 0.293 e. The maximum atomic E-state index is 13.3. The molecule has 0 spiro atoms. The van der Waals surface area contributed by atoms with Gasteiger partial charge in [0.2, 0.25) is 0 Å². The first-order valence-corrected chi connectivity index (χ1v) is 6.81. The number of nitrogens with zero attached hydrogens (tertiary/aromatic N) is 1. The standard InChI is InChI=1S/C14H10F4N2S/c15-11-5-9(4-10(6-11)14(16,17)18)13(7-19)20-8-12-2-1-3-21-12/h1-6,13,20H,8H2. The minimum atomic E-state index is -4.65. The molecule has 0 bridgehead atoms. The molecule has 2 rings (SSSR count). The first kappa shape index (κ1) is 15.5. The van der Waals surface area contributed by atoms with E-state index < -0.39 is 23.6 Å². The fourth-order valence-electron chi connectivity index (χ4n) is 1.80. The van der Waals surface area contributed by atoms with Gasteiger partial charge in [-0.3, -0.25) is 5.32 Å². The van der Waals surface area contributed by atoms with E-state index in [4.69, 9.17) is 5.26 Å². The van der Waals surface area contributed by atoms with Gasteiger partial charge in [0.1, 0.15) is 11.9 Å². The van der Waals surface area contributed by atoms with Crippen molar-refractivity contribution in [1.29, 1.82) is 5.26 Å². The van der Waals surface area contributed by atoms with Crippen molar-refractivity contribution in [2.75, 3.05) is 0 Å². The third kappa shape index (κ3) is 4.03. The number of nitrogens with one attached hydrogen (secondary N) is 1. The van der Waals surface area contributed by atoms with Crippen LogP contribution in [-0.4, -0.2) is 0 Å². The van der Waals surface area contributed by atoms with Crippen LogP contribution in [0.4, 0.5) is 17.6 Å². The van der Waals surface area contributed by atoms with E-state index in [1.165, 1.54) is 11.3 Å². The van der Waals surface area contributed by atoms with Gasteiger partial charge in [-0.1, -0.05) is 6.07 Å². The van der Waals surface area contributed by atoms with Crippen LogP contribution in [-0.2, 0) is 12.7 Å². The topological polar surface area (TPSA) is 35.8 Å². The van der Waals surface area contributed by atoms with Crippen molar-refractivity contribution in [3.05, 3.63) is 57.5 Å². The summed E-state index contributed by atoms with van der Waals surface area (Å²) in [6.45, 7) is 0.327. The summed E-state index contributed by atoms with van der Waals surface area (Å²) >= 11 is 1.46. The molecule has 1 aromatic heterocycles. The number of thiophene rings is 1. The second-order valence-corrected chi connectivity index (χ2v) is 5.33. The summed E-state index contributed by atoms with van der Waals surface area (Å²) in [7, 11) is 0. The van der Waals surface area contributed by atoms with E-state index in [1.54, 1.807) is 0 Å². The Kier molecular flexibility index (Phi) is 4.60. The first-order valence-electron chi connectivity index (χ1n) is 5.93. The normalized spacial score (nSPS) is 12.9. The van der Waals surface area contributed by atoms with E-state index in [-0.39, 0.29) is 5.56 Å². The molecule has 1 heterocycles. The van der Waals surface area contributed by atoms with E-state index in [0.29, 0.717) is 12.6 Å². The van der Waals surface area contributed by atoms with Gasteiger partial charge < -0.3 is 0 Å². The Morgan fingerprint density at radius 2 is 2.05 bits per heavy atom. The van der Waals surface area contributed by atoms with Crippen molar-refractivity contribution in [2.45, 2.75) is 18.8 Å². The van der Waals surface area contributed by atoms with Crippen molar-refractivity contribution in [3.63, 3.8) is 0 Å². The minimum Gasteiger partial charge on any atom is -0.293 e. The van der Waals surface area contributed by atoms with Crippen LogP contribution in [0.2, 0.25) is 0 Å². The highest BCUT2D eigenvalue weighted by molar-refractivity contribution is 7.09. The molecule has 21 heavy (non-hydrogen) atoms. The molecular formula is C14H10F4N2S. The molecule has 1 aromatic carbocycles. The molecule has 0 fully saturated rings. The van der Waals surface area contributed by atoms with Crippen LogP contribution in [0.5, 0.6) is 0 Å². The van der Waals surface area contributed by atoms with Crippen LogP contribution in [0.1, 0.15) is 22.0 Å². The summed E-state index contributed by atoms with van der Waals surface area (Å²) in [5.41, 5.74) is -1.14. The molecule has 0 aliphatic heterocycles. The van der Waals surface area contributed by atoms with E-state index in [1.807, 2.05) is 23.6 Å². The van der Waals surface area contributed by atoms with Crippen molar-refractivity contribution in [1.82, 2.24) is 5.32 Å². The summed E-state index contributed by atoms with van der Waals surface area (Å²) in [4.78, 5) is 0.933. The Morgan fingerprint density at radius 1 is 1.29 bits per heavy atom. The first-order chi connectivity index (χ1) is 9.90. The largest absolute Gasteiger partial charge is 0.416 e. The van der Waals surface area contributed by atoms with Gasteiger partial charge in [-0.2, -0.15) is 18.4 Å². The van der Waals surface area contributed by atoms with Gasteiger partial charge in [0.25, 0.3) is 0 Å². The zero-order chi connectivity index (χ0) is 15.5. The Hall–Kier alpha value is -1.91. The van der Waals surface area contributed by atoms with Crippen LogP contribution in [0.15, 0.2) is 35.7 Å². The third-order valence-corrected chi connectivity index (χ3v) is 3.65. The second-order valence-electron chi connectivity index (χ2n) is 4.29. The Labute approximate surface area is 122 Å². The molecule has 7 heteroatoms. The molecule has 1 N–H and O–H groups in total. The van der Waals surface area contributed by atoms with Gasteiger partial charge in [-0.05, 0) is 35.2 Å². The summed E-state index contributed by atoms with van der Waals surface area (Å²) in [5, 5.41) is 13.7. The Morgan fingerprint density at radius 3 is 2.62 bits per heavy atom. The number of halogens is 4. The lowest BCUT2D eigenvalue weighted by Gasteiger charge is -2.14. The van der Waals surface area contributed by atoms with Crippen LogP contribution in [0.3, 0.4) is 0 Å². The molecule has 1 atom stereocenters. The summed E-state index contributed by atoms with van der Waals surface area (Å²) in [6.07, 6.45) is -4.65. The van der Waals surface area contributed by atoms with E-state index in [2.05, 4.69) is 5.32 Å². The van der Waals surface area contributed by atoms with Gasteiger partial charge in [-0.25, -0.2) is 4.39 Å². The minimum absolute atomic E-state index is 0.0404. The lowest BCUT2D eigenvalue weighted by atomic mass is 10.0. The molecule has 0 aliphatic rings. The molecule has 0 aliphatic carbocycles. The van der Waals surface area contributed by atoms with E-state index in [9.17, 15) is 17.6 Å². The van der Waals surface area contributed by atoms with Crippen LogP contribution >= 0.6 is 11.3 Å². The number of benzene rings is 1. The van der Waals surface area contributed by atoms with Crippen molar-refractivity contribution in [2.24, 2.45) is 0 Å². The number of nitriles is 1. The monoisotopic (exact) mass is 314 g/mol. The Bertz CT molecular complexity index is 644. The van der Waals surface area contributed by atoms with Crippen molar-refractivity contribution in [3.8, 4) is 6.07 Å². The van der Waals surface area contributed by atoms with Crippen LogP contribution in [0.25, 0.3) is 0 Å². The molecule has 0 amide bonds. The van der Waals surface area contributed by atoms with Gasteiger partial charge >= 0.3 is 6.18 Å². The fourth-order valence-corrected chi connectivity index (χ4v) is 2.45.